The summed E-state index contributed by atoms with van der Waals surface area (Å²) in [6.45, 7) is 5.97. The minimum absolute atomic E-state index is 0.00180. The lowest BCUT2D eigenvalue weighted by molar-refractivity contribution is -0.121. The van der Waals surface area contributed by atoms with E-state index in [-0.39, 0.29) is 36.3 Å². The second-order valence-corrected chi connectivity index (χ2v) is 11.4. The lowest BCUT2D eigenvalue weighted by Crippen LogP contribution is -2.30. The summed E-state index contributed by atoms with van der Waals surface area (Å²) in [5.41, 5.74) is 5.09. The number of thiophene rings is 1. The Kier molecular flexibility index (Phi) is 8.42. The Morgan fingerprint density at radius 2 is 1.98 bits per heavy atom. The molecule has 0 spiro atoms. The average molecular weight is 630 g/mol. The number of halogens is 2. The highest BCUT2D eigenvalue weighted by atomic mass is 32.1. The van der Waals surface area contributed by atoms with Crippen LogP contribution in [0.2, 0.25) is 0 Å². The molecule has 0 bridgehead atoms. The number of fused-ring (bicyclic) bond motifs is 2. The maximum Gasteiger partial charge on any atom is 0.243 e. The molecule has 45 heavy (non-hydrogen) atoms. The van der Waals surface area contributed by atoms with E-state index in [9.17, 15) is 14.0 Å². The smallest absolute Gasteiger partial charge is 0.243 e. The van der Waals surface area contributed by atoms with Crippen LogP contribution in [0.25, 0.3) is 43.9 Å². The van der Waals surface area contributed by atoms with Gasteiger partial charge in [-0.15, -0.1) is 11.3 Å². The van der Waals surface area contributed by atoms with Gasteiger partial charge in [0.2, 0.25) is 11.8 Å². The van der Waals surface area contributed by atoms with E-state index < -0.39 is 17.7 Å². The molecule has 2 amide bonds. The Balaban J connectivity index is 1.59. The maximum absolute atomic E-state index is 15.9. The zero-order valence-electron chi connectivity index (χ0n) is 24.5. The van der Waals surface area contributed by atoms with Gasteiger partial charge in [0.15, 0.2) is 0 Å². The molecule has 5 aromatic rings. The van der Waals surface area contributed by atoms with Crippen LogP contribution >= 0.6 is 11.3 Å². The van der Waals surface area contributed by atoms with Crippen molar-refractivity contribution in [3.05, 3.63) is 89.0 Å². The number of amides is 2. The molecule has 0 saturated heterocycles. The summed E-state index contributed by atoms with van der Waals surface area (Å²) >= 11 is 1.39. The first kappa shape index (κ1) is 30.1. The molecule has 1 atom stereocenters. The fourth-order valence-electron chi connectivity index (χ4n) is 5.37. The number of methoxy groups -OCH3 is 1. The normalized spacial score (nSPS) is 13.3. The van der Waals surface area contributed by atoms with Crippen LogP contribution in [0.5, 0.6) is 5.75 Å². The van der Waals surface area contributed by atoms with E-state index in [1.165, 1.54) is 24.5 Å². The molecule has 0 aliphatic carbocycles. The van der Waals surface area contributed by atoms with Gasteiger partial charge in [-0.25, -0.2) is 13.8 Å². The molecule has 3 N–H and O–H groups in total. The number of nitrogens with zero attached hydrogens (tertiary/aromatic N) is 2. The van der Waals surface area contributed by atoms with Gasteiger partial charge in [-0.05, 0) is 47.7 Å². The van der Waals surface area contributed by atoms with E-state index >= 15 is 4.39 Å². The van der Waals surface area contributed by atoms with Crippen molar-refractivity contribution in [1.29, 1.82) is 0 Å². The highest BCUT2D eigenvalue weighted by molar-refractivity contribution is 7.18. The molecule has 0 unspecified atom stereocenters. The van der Waals surface area contributed by atoms with Gasteiger partial charge in [-0.3, -0.25) is 14.7 Å². The van der Waals surface area contributed by atoms with Crippen LogP contribution in [0.15, 0.2) is 60.5 Å². The number of ether oxygens (including phenoxy) is 2. The third kappa shape index (κ3) is 5.94. The Hall–Kier alpha value is -4.94. The molecule has 0 fully saturated rings. The van der Waals surface area contributed by atoms with E-state index in [0.717, 1.165) is 34.2 Å². The number of aromatic nitrogens is 3. The molecule has 1 aliphatic heterocycles. The van der Waals surface area contributed by atoms with E-state index in [1.54, 1.807) is 13.0 Å². The number of rotatable bonds is 10. The van der Waals surface area contributed by atoms with Crippen molar-refractivity contribution in [2.75, 3.05) is 20.3 Å². The first-order valence-corrected chi connectivity index (χ1v) is 15.0. The quantitative estimate of drug-likeness (QED) is 0.132. The lowest BCUT2D eigenvalue weighted by atomic mass is 9.93. The largest absolute Gasteiger partial charge is 0.490 e. The number of hydrogen-bond donors (Lipinski definition) is 3. The molecular weight excluding hydrogens is 600 g/mol. The first-order chi connectivity index (χ1) is 21.8. The summed E-state index contributed by atoms with van der Waals surface area (Å²) in [4.78, 5) is 29.0. The van der Waals surface area contributed by atoms with Crippen molar-refractivity contribution in [3.8, 4) is 39.5 Å². The van der Waals surface area contributed by atoms with Gasteiger partial charge in [0.05, 0.1) is 36.0 Å². The average Bonchev–Trinajstić information content (AvgIpc) is 3.71. The van der Waals surface area contributed by atoms with Crippen LogP contribution in [-0.4, -0.2) is 47.3 Å². The van der Waals surface area contributed by atoms with Crippen molar-refractivity contribution in [1.82, 2.24) is 25.8 Å². The topological polar surface area (TPSA) is 118 Å². The zero-order valence-corrected chi connectivity index (χ0v) is 25.3. The lowest BCUT2D eigenvalue weighted by Gasteiger charge is -2.19. The molecule has 230 valence electrons. The predicted octanol–water partition coefficient (Wildman–Crippen LogP) is 5.86. The molecule has 1 aliphatic rings. The molecule has 9 nitrogen and oxygen atoms in total. The highest BCUT2D eigenvalue weighted by Gasteiger charge is 2.27. The Morgan fingerprint density at radius 3 is 2.78 bits per heavy atom. The SMILES string of the molecule is C=CC(=O)N[C@@H](C)c1cc(-c2nc(-c3ccc4c(c3)CNC(=O)C4)c3ccsc3c2-c2c(F)cc(F)cc2OCCOC)n[nH]1. The summed E-state index contributed by atoms with van der Waals surface area (Å²) in [7, 11) is 1.51. The second kappa shape index (κ2) is 12.6. The van der Waals surface area contributed by atoms with E-state index in [4.69, 9.17) is 14.5 Å². The summed E-state index contributed by atoms with van der Waals surface area (Å²) in [6.07, 6.45) is 1.48. The van der Waals surface area contributed by atoms with Crippen LogP contribution in [0, 0.1) is 11.6 Å². The second-order valence-electron chi connectivity index (χ2n) is 10.5. The maximum atomic E-state index is 15.9. The van der Waals surface area contributed by atoms with Crippen molar-refractivity contribution in [2.45, 2.75) is 25.9 Å². The first-order valence-electron chi connectivity index (χ1n) is 14.2. The van der Waals surface area contributed by atoms with Gasteiger partial charge in [0, 0.05) is 47.0 Å². The van der Waals surface area contributed by atoms with Crippen LogP contribution in [0.3, 0.4) is 0 Å². The van der Waals surface area contributed by atoms with Gasteiger partial charge in [0.25, 0.3) is 0 Å². The van der Waals surface area contributed by atoms with Crippen LogP contribution < -0.4 is 15.4 Å². The fraction of sp³-hybridized carbons (Fsp3) is 0.212. The van der Waals surface area contributed by atoms with E-state index in [1.807, 2.05) is 29.6 Å². The third-order valence-electron chi connectivity index (χ3n) is 7.58. The Bertz CT molecular complexity index is 1950. The molecular formula is C33H29F2N5O4S. The number of benzene rings is 2. The van der Waals surface area contributed by atoms with Crippen molar-refractivity contribution in [2.24, 2.45) is 0 Å². The van der Waals surface area contributed by atoms with Crippen LogP contribution in [0.4, 0.5) is 8.78 Å². The van der Waals surface area contributed by atoms with Gasteiger partial charge in [0.1, 0.15) is 35.4 Å². The summed E-state index contributed by atoms with van der Waals surface area (Å²) in [6, 6.07) is 11.0. The predicted molar refractivity (Wildman–Crippen MR) is 168 cm³/mol. The minimum Gasteiger partial charge on any atom is -0.490 e. The van der Waals surface area contributed by atoms with Crippen molar-refractivity contribution in [3.63, 3.8) is 0 Å². The number of nitrogens with one attached hydrogen (secondary N) is 3. The number of hydrogen-bond acceptors (Lipinski definition) is 7. The van der Waals surface area contributed by atoms with Gasteiger partial charge >= 0.3 is 0 Å². The summed E-state index contributed by atoms with van der Waals surface area (Å²) in [5, 5.41) is 15.8. The van der Waals surface area contributed by atoms with Crippen LogP contribution in [0.1, 0.15) is 29.8 Å². The van der Waals surface area contributed by atoms with Crippen molar-refractivity contribution < 1.29 is 27.8 Å². The number of H-pyrrole nitrogens is 1. The number of carbonyl (C=O) groups is 2. The molecule has 3 aromatic heterocycles. The van der Waals surface area contributed by atoms with Gasteiger partial charge < -0.3 is 20.1 Å². The number of aromatic amines is 1. The summed E-state index contributed by atoms with van der Waals surface area (Å²) in [5.74, 6) is -1.98. The highest BCUT2D eigenvalue weighted by Crippen LogP contribution is 2.47. The van der Waals surface area contributed by atoms with E-state index in [2.05, 4.69) is 27.4 Å². The fourth-order valence-corrected chi connectivity index (χ4v) is 6.32. The third-order valence-corrected chi connectivity index (χ3v) is 8.51. The standard InChI is InChI=1S/C33H29F2N5O4S/c1-4-27(41)37-17(2)24-15-25(40-39-24)32-30(29-23(35)13-21(34)14-26(29)44-9-8-43-3)33-22(7-10-45-33)31(38-32)19-6-5-18-12-28(42)36-16-20(18)11-19/h4-7,10-11,13-15,17H,1,8-9,12,16H2,2-3H3,(H,36,42)(H,37,41)(H,39,40)/t17-/m0/s1. The molecule has 0 radical (unpaired) electrons. The molecule has 0 saturated carbocycles. The summed E-state index contributed by atoms with van der Waals surface area (Å²) < 4.78 is 42.1. The zero-order chi connectivity index (χ0) is 31.7. The monoisotopic (exact) mass is 629 g/mol. The Labute approximate surface area is 261 Å². The number of carbonyl (C=O) groups excluding carboxylic acids is 2. The number of pyridine rings is 1. The molecule has 6 rings (SSSR count). The minimum atomic E-state index is -0.820. The molecule has 2 aromatic carbocycles. The molecule has 12 heteroatoms. The van der Waals surface area contributed by atoms with Crippen LogP contribution in [-0.2, 0) is 27.3 Å². The van der Waals surface area contributed by atoms with E-state index in [0.29, 0.717) is 46.0 Å². The van der Waals surface area contributed by atoms with Gasteiger partial charge in [-0.2, -0.15) is 5.10 Å². The Morgan fingerprint density at radius 1 is 1.13 bits per heavy atom. The van der Waals surface area contributed by atoms with Crippen molar-refractivity contribution >= 4 is 33.2 Å². The molecule has 4 heterocycles. The van der Waals surface area contributed by atoms with Gasteiger partial charge in [-0.1, -0.05) is 18.7 Å².